The zero-order valence-corrected chi connectivity index (χ0v) is 6.88. The van der Waals surface area contributed by atoms with Crippen LogP contribution in [0, 0.1) is 12.3 Å². The van der Waals surface area contributed by atoms with Crippen molar-refractivity contribution in [2.45, 2.75) is 6.92 Å². The minimum Gasteiger partial charge on any atom is -0.115 e. The maximum Gasteiger partial charge on any atom is 0.0400 e. The molecule has 0 aliphatic rings. The number of rotatable bonds is 1. The maximum absolute atomic E-state index is 5.61. The monoisotopic (exact) mass is 192 g/mol. The van der Waals surface area contributed by atoms with E-state index in [4.69, 9.17) is 18.0 Å². The number of hydrogen-bond acceptors (Lipinski definition) is 0. The van der Waals surface area contributed by atoms with Crippen molar-refractivity contribution < 1.29 is 0 Å². The Morgan fingerprint density at radius 3 is 2.50 bits per heavy atom. The van der Waals surface area contributed by atoms with Gasteiger partial charge in [-0.1, -0.05) is 33.5 Å². The first-order valence-corrected chi connectivity index (χ1v) is 3.60. The van der Waals surface area contributed by atoms with Gasteiger partial charge < -0.3 is 0 Å². The average Bonchev–Trinajstić information content (AvgIpc) is 1.84. The molecule has 0 N–H and O–H groups in total. The quantitative estimate of drug-likeness (QED) is 0.443. The summed E-state index contributed by atoms with van der Waals surface area (Å²) in [7, 11) is 0. The third kappa shape index (κ3) is 2.40. The van der Waals surface area contributed by atoms with Crippen molar-refractivity contribution in [2.75, 3.05) is 5.33 Å². The van der Waals surface area contributed by atoms with E-state index in [0.29, 0.717) is 10.4 Å². The Balaban J connectivity index is 4.10. The van der Waals surface area contributed by atoms with Crippen LogP contribution in [-0.2, 0) is 0 Å². The fourth-order valence-corrected chi connectivity index (χ4v) is 0.654. The van der Waals surface area contributed by atoms with Crippen LogP contribution < -0.4 is 0 Å². The highest BCUT2D eigenvalue weighted by Crippen LogP contribution is 2.10. The molecule has 0 fully saturated rings. The molecule has 0 heterocycles. The third-order valence-electron chi connectivity index (χ3n) is 0.741. The van der Waals surface area contributed by atoms with Crippen molar-refractivity contribution in [3.8, 4) is 12.3 Å². The van der Waals surface area contributed by atoms with Crippen LogP contribution in [0.3, 0.4) is 0 Å². The van der Waals surface area contributed by atoms with Gasteiger partial charge in [0.05, 0.1) is 0 Å². The van der Waals surface area contributed by atoms with Gasteiger partial charge in [0.2, 0.25) is 0 Å². The van der Waals surface area contributed by atoms with E-state index >= 15 is 0 Å². The Morgan fingerprint density at radius 2 is 2.38 bits per heavy atom. The molecule has 0 radical (unpaired) electrons. The van der Waals surface area contributed by atoms with Crippen LogP contribution in [-0.4, -0.2) is 5.33 Å². The highest BCUT2D eigenvalue weighted by Gasteiger charge is 1.90. The van der Waals surface area contributed by atoms with Crippen LogP contribution in [0.25, 0.3) is 0 Å². The molecule has 2 heteroatoms. The molecule has 0 rings (SSSR count). The van der Waals surface area contributed by atoms with Crippen molar-refractivity contribution in [2.24, 2.45) is 0 Å². The van der Waals surface area contributed by atoms with Crippen LogP contribution in [0.4, 0.5) is 0 Å². The molecule has 0 nitrogen and oxygen atoms in total. The molecule has 0 unspecified atom stereocenters. The van der Waals surface area contributed by atoms with Crippen LogP contribution in [0.15, 0.2) is 10.6 Å². The summed E-state index contributed by atoms with van der Waals surface area (Å²) < 4.78 is 0. The zero-order valence-electron chi connectivity index (χ0n) is 4.54. The predicted molar refractivity (Wildman–Crippen MR) is 41.2 cm³/mol. The lowest BCUT2D eigenvalue weighted by atomic mass is 10.3. The molecule has 0 aliphatic carbocycles. The van der Waals surface area contributed by atoms with Gasteiger partial charge in [-0.05, 0) is 6.92 Å². The van der Waals surface area contributed by atoms with Crippen molar-refractivity contribution in [1.82, 2.24) is 0 Å². The van der Waals surface area contributed by atoms with Gasteiger partial charge in [0, 0.05) is 15.9 Å². The summed E-state index contributed by atoms with van der Waals surface area (Å²) in [6, 6.07) is 0. The first-order chi connectivity index (χ1) is 3.72. The van der Waals surface area contributed by atoms with E-state index in [2.05, 4.69) is 21.9 Å². The number of alkyl halides is 1. The average molecular weight is 193 g/mol. The minimum absolute atomic E-state index is 0.643. The minimum atomic E-state index is 0.643. The molecule has 8 heavy (non-hydrogen) atoms. The molecule has 0 saturated heterocycles. The van der Waals surface area contributed by atoms with Gasteiger partial charge in [0.1, 0.15) is 0 Å². The van der Waals surface area contributed by atoms with Crippen molar-refractivity contribution in [1.29, 1.82) is 0 Å². The van der Waals surface area contributed by atoms with Crippen molar-refractivity contribution >= 4 is 27.5 Å². The second-order valence-corrected chi connectivity index (χ2v) is 2.32. The number of halogens is 2. The van der Waals surface area contributed by atoms with E-state index in [1.165, 1.54) is 0 Å². The lowest BCUT2D eigenvalue weighted by molar-refractivity contribution is 1.50. The highest BCUT2D eigenvalue weighted by atomic mass is 79.9. The Bertz CT molecular complexity index is 141. The Kier molecular flexibility index (Phi) is 4.03. The zero-order chi connectivity index (χ0) is 6.57. The van der Waals surface area contributed by atoms with Gasteiger partial charge in [-0.2, -0.15) is 0 Å². The molecule has 0 aromatic heterocycles. The molecule has 0 aliphatic heterocycles. The first kappa shape index (κ1) is 8.07. The normalized spacial score (nSPS) is 12.2. The second kappa shape index (κ2) is 4.00. The highest BCUT2D eigenvalue weighted by molar-refractivity contribution is 9.09. The summed E-state index contributed by atoms with van der Waals surface area (Å²) in [5.41, 5.74) is 0.795. The first-order valence-electron chi connectivity index (χ1n) is 2.10. The molecular weight excluding hydrogens is 187 g/mol. The number of hydrogen-bond donors (Lipinski definition) is 0. The van der Waals surface area contributed by atoms with Gasteiger partial charge in [-0.15, -0.1) is 6.42 Å². The largest absolute Gasteiger partial charge is 0.115 e. The Labute approximate surface area is 63.0 Å². The smallest absolute Gasteiger partial charge is 0.0400 e. The molecule has 0 aromatic rings. The SMILES string of the molecule is C#C/C(C)=C(\Cl)CBr. The van der Waals surface area contributed by atoms with Crippen LogP contribution >= 0.6 is 27.5 Å². The Morgan fingerprint density at radius 1 is 1.88 bits per heavy atom. The fourth-order valence-electron chi connectivity index (χ4n) is 0.179. The number of allylic oxidation sites excluding steroid dienone is 2. The van der Waals surface area contributed by atoms with E-state index in [1.54, 1.807) is 0 Å². The maximum atomic E-state index is 5.61. The summed E-state index contributed by atoms with van der Waals surface area (Å²) in [6.45, 7) is 1.81. The van der Waals surface area contributed by atoms with Crippen LogP contribution in [0.2, 0.25) is 0 Å². The molecule has 0 spiro atoms. The summed E-state index contributed by atoms with van der Waals surface area (Å²) in [4.78, 5) is 0. The standard InChI is InChI=1S/C6H6BrCl/c1-3-5(2)6(8)4-7/h1H,4H2,2H3/b6-5-. The van der Waals surface area contributed by atoms with E-state index in [-0.39, 0.29) is 0 Å². The summed E-state index contributed by atoms with van der Waals surface area (Å²) in [5.74, 6) is 2.43. The van der Waals surface area contributed by atoms with Gasteiger partial charge in [-0.25, -0.2) is 0 Å². The predicted octanol–water partition coefficient (Wildman–Crippen LogP) is 2.53. The van der Waals surface area contributed by atoms with E-state index in [9.17, 15) is 0 Å². The van der Waals surface area contributed by atoms with E-state index in [0.717, 1.165) is 5.57 Å². The summed E-state index contributed by atoms with van der Waals surface area (Å²) in [6.07, 6.45) is 5.04. The summed E-state index contributed by atoms with van der Waals surface area (Å²) >= 11 is 8.78. The lowest BCUT2D eigenvalue weighted by Gasteiger charge is -1.89. The fraction of sp³-hybridized carbons (Fsp3) is 0.333. The molecule has 0 bridgehead atoms. The topological polar surface area (TPSA) is 0 Å². The van der Waals surface area contributed by atoms with Gasteiger partial charge in [-0.3, -0.25) is 0 Å². The molecule has 0 saturated carbocycles. The second-order valence-electron chi connectivity index (χ2n) is 1.31. The molecule has 0 aromatic carbocycles. The molecule has 0 amide bonds. The molecule has 0 atom stereocenters. The van der Waals surface area contributed by atoms with Crippen molar-refractivity contribution in [3.63, 3.8) is 0 Å². The van der Waals surface area contributed by atoms with Gasteiger partial charge in [0.25, 0.3) is 0 Å². The molecular formula is C6H6BrCl. The van der Waals surface area contributed by atoms with Gasteiger partial charge in [0.15, 0.2) is 0 Å². The summed E-state index contributed by atoms with van der Waals surface area (Å²) in [5, 5.41) is 1.34. The van der Waals surface area contributed by atoms with Crippen LogP contribution in [0.1, 0.15) is 6.92 Å². The van der Waals surface area contributed by atoms with Crippen molar-refractivity contribution in [3.05, 3.63) is 10.6 Å². The third-order valence-corrected chi connectivity index (χ3v) is 2.04. The Hall–Kier alpha value is 0.0700. The molecule has 44 valence electrons. The van der Waals surface area contributed by atoms with E-state index in [1.807, 2.05) is 6.92 Å². The van der Waals surface area contributed by atoms with Crippen LogP contribution in [0.5, 0.6) is 0 Å². The van der Waals surface area contributed by atoms with E-state index < -0.39 is 0 Å². The number of terminal acetylenes is 1. The lowest BCUT2D eigenvalue weighted by Crippen LogP contribution is -1.76. The van der Waals surface area contributed by atoms with Gasteiger partial charge >= 0.3 is 0 Å².